The quantitative estimate of drug-likeness (QED) is 0.540. The highest BCUT2D eigenvalue weighted by molar-refractivity contribution is 5.78. The van der Waals surface area contributed by atoms with Gasteiger partial charge in [0.15, 0.2) is 5.96 Å². The second-order valence-corrected chi connectivity index (χ2v) is 5.83. The van der Waals surface area contributed by atoms with Gasteiger partial charge in [-0.15, -0.1) is 0 Å². The summed E-state index contributed by atoms with van der Waals surface area (Å²) in [5.74, 6) is 0.669. The van der Waals surface area contributed by atoms with Gasteiger partial charge in [0.05, 0.1) is 6.04 Å². The Hall–Kier alpha value is -0.730. The maximum absolute atomic E-state index is 5.85. The van der Waals surface area contributed by atoms with Gasteiger partial charge in [0, 0.05) is 6.04 Å². The lowest BCUT2D eigenvalue weighted by atomic mass is 9.76. The Kier molecular flexibility index (Phi) is 2.89. The first kappa shape index (κ1) is 10.8. The lowest BCUT2D eigenvalue weighted by Gasteiger charge is -2.32. The van der Waals surface area contributed by atoms with E-state index < -0.39 is 0 Å². The fourth-order valence-electron chi connectivity index (χ4n) is 2.18. The lowest BCUT2D eigenvalue weighted by Crippen LogP contribution is -2.35. The van der Waals surface area contributed by atoms with Gasteiger partial charge in [0.2, 0.25) is 0 Å². The molecule has 0 unspecified atom stereocenters. The molecule has 86 valence electrons. The third-order valence-corrected chi connectivity index (χ3v) is 3.56. The standard InChI is InChI=1S/C12H23N3/c1-12(2)7-5-10(6-8-12)15-11(13)14-9-3-4-9/h9-10H,3-8H2,1-2H3,(H3,13,14,15). The minimum Gasteiger partial charge on any atom is -0.370 e. The zero-order chi connectivity index (χ0) is 10.9. The molecule has 0 radical (unpaired) electrons. The van der Waals surface area contributed by atoms with Gasteiger partial charge in [-0.2, -0.15) is 0 Å². The Labute approximate surface area is 92.5 Å². The molecule has 0 aliphatic heterocycles. The molecule has 3 N–H and O–H groups in total. The van der Waals surface area contributed by atoms with Crippen molar-refractivity contribution in [1.29, 1.82) is 0 Å². The monoisotopic (exact) mass is 209 g/mol. The summed E-state index contributed by atoms with van der Waals surface area (Å²) in [6.45, 7) is 4.69. The van der Waals surface area contributed by atoms with E-state index in [1.807, 2.05) is 0 Å². The van der Waals surface area contributed by atoms with Gasteiger partial charge in [-0.25, -0.2) is 0 Å². The fourth-order valence-corrected chi connectivity index (χ4v) is 2.18. The molecule has 0 amide bonds. The summed E-state index contributed by atoms with van der Waals surface area (Å²) in [5.41, 5.74) is 6.37. The normalized spacial score (nSPS) is 27.7. The maximum Gasteiger partial charge on any atom is 0.189 e. The molecule has 2 rings (SSSR count). The van der Waals surface area contributed by atoms with Crippen molar-refractivity contribution < 1.29 is 0 Å². The van der Waals surface area contributed by atoms with Crippen LogP contribution in [-0.4, -0.2) is 18.0 Å². The highest BCUT2D eigenvalue weighted by atomic mass is 15.1. The largest absolute Gasteiger partial charge is 0.370 e. The lowest BCUT2D eigenvalue weighted by molar-refractivity contribution is 0.226. The topological polar surface area (TPSA) is 50.4 Å². The molecule has 2 saturated carbocycles. The summed E-state index contributed by atoms with van der Waals surface area (Å²) in [4.78, 5) is 4.57. The Morgan fingerprint density at radius 2 is 1.80 bits per heavy atom. The molecule has 0 saturated heterocycles. The van der Waals surface area contributed by atoms with E-state index in [0.29, 0.717) is 23.5 Å². The number of hydrogen-bond acceptors (Lipinski definition) is 1. The zero-order valence-electron chi connectivity index (χ0n) is 9.92. The molecule has 0 aromatic heterocycles. The van der Waals surface area contributed by atoms with E-state index in [1.54, 1.807) is 0 Å². The average Bonchev–Trinajstić information content (AvgIpc) is 2.92. The van der Waals surface area contributed by atoms with Crippen LogP contribution < -0.4 is 11.1 Å². The van der Waals surface area contributed by atoms with Crippen LogP contribution in [0, 0.1) is 5.41 Å². The molecular weight excluding hydrogens is 186 g/mol. The second-order valence-electron chi connectivity index (χ2n) is 5.83. The summed E-state index contributed by atoms with van der Waals surface area (Å²) in [6, 6.07) is 1.08. The van der Waals surface area contributed by atoms with E-state index in [-0.39, 0.29) is 0 Å². The van der Waals surface area contributed by atoms with Crippen molar-refractivity contribution in [1.82, 2.24) is 5.32 Å². The summed E-state index contributed by atoms with van der Waals surface area (Å²) >= 11 is 0. The van der Waals surface area contributed by atoms with Gasteiger partial charge in [-0.05, 0) is 43.9 Å². The smallest absolute Gasteiger partial charge is 0.189 e. The molecule has 3 nitrogen and oxygen atoms in total. The first-order chi connectivity index (χ1) is 7.05. The van der Waals surface area contributed by atoms with Gasteiger partial charge in [-0.1, -0.05) is 13.8 Å². The molecular formula is C12H23N3. The van der Waals surface area contributed by atoms with Crippen molar-refractivity contribution in [2.45, 2.75) is 64.5 Å². The Morgan fingerprint density at radius 3 is 2.33 bits per heavy atom. The van der Waals surface area contributed by atoms with E-state index in [0.717, 1.165) is 0 Å². The van der Waals surface area contributed by atoms with Crippen LogP contribution in [0.2, 0.25) is 0 Å². The number of aliphatic imine (C=N–C) groups is 1. The van der Waals surface area contributed by atoms with Crippen molar-refractivity contribution in [3.05, 3.63) is 0 Å². The predicted molar refractivity (Wildman–Crippen MR) is 63.8 cm³/mol. The van der Waals surface area contributed by atoms with Crippen molar-refractivity contribution in [3.8, 4) is 0 Å². The van der Waals surface area contributed by atoms with Gasteiger partial charge < -0.3 is 11.1 Å². The minimum absolute atomic E-state index is 0.462. The van der Waals surface area contributed by atoms with Crippen molar-refractivity contribution in [2.24, 2.45) is 16.1 Å². The molecule has 15 heavy (non-hydrogen) atoms. The minimum atomic E-state index is 0.462. The molecule has 0 bridgehead atoms. The SMILES string of the molecule is CC1(C)CCC(N=C(N)NC2CC2)CC1. The summed E-state index contributed by atoms with van der Waals surface area (Å²) in [7, 11) is 0. The van der Waals surface area contributed by atoms with Crippen LogP contribution in [0.1, 0.15) is 52.4 Å². The second kappa shape index (κ2) is 4.03. The van der Waals surface area contributed by atoms with E-state index in [1.165, 1.54) is 38.5 Å². The number of nitrogens with one attached hydrogen (secondary N) is 1. The van der Waals surface area contributed by atoms with Gasteiger partial charge >= 0.3 is 0 Å². The summed E-state index contributed by atoms with van der Waals surface area (Å²) in [6.07, 6.45) is 7.46. The van der Waals surface area contributed by atoms with E-state index in [9.17, 15) is 0 Å². The Balaban J connectivity index is 1.79. The highest BCUT2D eigenvalue weighted by Crippen LogP contribution is 2.36. The van der Waals surface area contributed by atoms with Crippen LogP contribution in [0.5, 0.6) is 0 Å². The number of rotatable bonds is 2. The highest BCUT2D eigenvalue weighted by Gasteiger charge is 2.27. The molecule has 2 aliphatic carbocycles. The molecule has 0 spiro atoms. The van der Waals surface area contributed by atoms with Gasteiger partial charge in [-0.3, -0.25) is 4.99 Å². The summed E-state index contributed by atoms with van der Waals surface area (Å²) in [5, 5.41) is 3.25. The first-order valence-corrected chi connectivity index (χ1v) is 6.15. The van der Waals surface area contributed by atoms with E-state index >= 15 is 0 Å². The molecule has 0 atom stereocenters. The zero-order valence-corrected chi connectivity index (χ0v) is 9.92. The third-order valence-electron chi connectivity index (χ3n) is 3.56. The number of nitrogens with zero attached hydrogens (tertiary/aromatic N) is 1. The Morgan fingerprint density at radius 1 is 1.20 bits per heavy atom. The van der Waals surface area contributed by atoms with Crippen LogP contribution in [-0.2, 0) is 0 Å². The van der Waals surface area contributed by atoms with E-state index in [4.69, 9.17) is 5.73 Å². The van der Waals surface area contributed by atoms with E-state index in [2.05, 4.69) is 24.2 Å². The van der Waals surface area contributed by atoms with Crippen molar-refractivity contribution in [2.75, 3.05) is 0 Å². The molecule has 0 aromatic rings. The number of nitrogens with two attached hydrogens (primary N) is 1. The van der Waals surface area contributed by atoms with Gasteiger partial charge in [0.25, 0.3) is 0 Å². The Bertz CT molecular complexity index is 244. The molecule has 0 heterocycles. The molecule has 2 aliphatic rings. The summed E-state index contributed by atoms with van der Waals surface area (Å²) < 4.78 is 0. The van der Waals surface area contributed by atoms with Crippen LogP contribution in [0.4, 0.5) is 0 Å². The first-order valence-electron chi connectivity index (χ1n) is 6.15. The van der Waals surface area contributed by atoms with Crippen LogP contribution in [0.25, 0.3) is 0 Å². The third kappa shape index (κ3) is 3.40. The van der Waals surface area contributed by atoms with Gasteiger partial charge in [0.1, 0.15) is 0 Å². The van der Waals surface area contributed by atoms with Crippen molar-refractivity contribution >= 4 is 5.96 Å². The average molecular weight is 209 g/mol. The number of hydrogen-bond donors (Lipinski definition) is 2. The molecule has 0 aromatic carbocycles. The van der Waals surface area contributed by atoms with Crippen LogP contribution in [0.3, 0.4) is 0 Å². The molecule has 2 fully saturated rings. The number of guanidine groups is 1. The van der Waals surface area contributed by atoms with Crippen molar-refractivity contribution in [3.63, 3.8) is 0 Å². The predicted octanol–water partition coefficient (Wildman–Crippen LogP) is 2.02. The maximum atomic E-state index is 5.85. The molecule has 3 heteroatoms. The fraction of sp³-hybridized carbons (Fsp3) is 0.917. The van der Waals surface area contributed by atoms with Crippen LogP contribution >= 0.6 is 0 Å². The van der Waals surface area contributed by atoms with Crippen LogP contribution in [0.15, 0.2) is 4.99 Å².